The third-order valence-electron chi connectivity index (χ3n) is 5.93. The molecule has 0 aromatic carbocycles. The molecule has 0 radical (unpaired) electrons. The standard InChI is InChI=1S/C20H20F5N7O/c21-15(22)8-32-18-14(6-28-32)27-7-16(29-18)30-4-2-19(9-30)10-31(11-19)13-1-3-26-17(5-13)33-12-20(23,24)25/h1,3,5-7,15H,2,4,8-12H2. The number of nitrogens with zero attached hydrogens (tertiary/aromatic N) is 7. The van der Waals surface area contributed by atoms with Gasteiger partial charge >= 0.3 is 6.18 Å². The molecule has 5 heterocycles. The second-order valence-electron chi connectivity index (χ2n) is 8.44. The van der Waals surface area contributed by atoms with E-state index < -0.39 is 25.8 Å². The highest BCUT2D eigenvalue weighted by Gasteiger charge is 2.48. The van der Waals surface area contributed by atoms with E-state index in [9.17, 15) is 22.0 Å². The summed E-state index contributed by atoms with van der Waals surface area (Å²) in [5, 5.41) is 3.95. The van der Waals surface area contributed by atoms with Gasteiger partial charge in [0.2, 0.25) is 5.88 Å². The molecule has 1 spiro atoms. The number of anilines is 2. The Hall–Kier alpha value is -3.25. The summed E-state index contributed by atoms with van der Waals surface area (Å²) in [6.07, 6.45) is -1.58. The lowest BCUT2D eigenvalue weighted by Gasteiger charge is -2.49. The van der Waals surface area contributed by atoms with Crippen molar-refractivity contribution in [1.29, 1.82) is 0 Å². The van der Waals surface area contributed by atoms with Crippen molar-refractivity contribution in [3.8, 4) is 5.88 Å². The van der Waals surface area contributed by atoms with Gasteiger partial charge in [-0.2, -0.15) is 18.3 Å². The van der Waals surface area contributed by atoms with Crippen LogP contribution in [0.25, 0.3) is 11.2 Å². The molecule has 3 aromatic rings. The van der Waals surface area contributed by atoms with E-state index in [4.69, 9.17) is 4.74 Å². The van der Waals surface area contributed by atoms with Gasteiger partial charge in [0, 0.05) is 49.5 Å². The lowest BCUT2D eigenvalue weighted by atomic mass is 9.79. The van der Waals surface area contributed by atoms with E-state index in [2.05, 4.69) is 29.9 Å². The molecule has 0 unspecified atom stereocenters. The van der Waals surface area contributed by atoms with Crippen LogP contribution in [-0.4, -0.2) is 70.1 Å². The van der Waals surface area contributed by atoms with Crippen LogP contribution in [0.1, 0.15) is 6.42 Å². The minimum absolute atomic E-state index is 0.0100. The van der Waals surface area contributed by atoms with E-state index in [1.165, 1.54) is 18.5 Å². The number of rotatable bonds is 6. The average molecular weight is 469 g/mol. The number of alkyl halides is 5. The third-order valence-corrected chi connectivity index (χ3v) is 5.93. The second kappa shape index (κ2) is 7.96. The Morgan fingerprint density at radius 3 is 2.64 bits per heavy atom. The monoisotopic (exact) mass is 469 g/mol. The van der Waals surface area contributed by atoms with Crippen LogP contribution in [0, 0.1) is 5.41 Å². The fourth-order valence-corrected chi connectivity index (χ4v) is 4.42. The highest BCUT2D eigenvalue weighted by Crippen LogP contribution is 2.43. The number of pyridine rings is 1. The Bertz CT molecular complexity index is 1150. The molecule has 0 amide bonds. The predicted octanol–water partition coefficient (Wildman–Crippen LogP) is 3.14. The van der Waals surface area contributed by atoms with Crippen molar-refractivity contribution in [3.63, 3.8) is 0 Å². The number of hydrogen-bond acceptors (Lipinski definition) is 7. The van der Waals surface area contributed by atoms with Gasteiger partial charge in [-0.15, -0.1) is 0 Å². The van der Waals surface area contributed by atoms with E-state index in [0.717, 1.165) is 43.0 Å². The SMILES string of the molecule is FC(F)Cn1ncc2ncc(N3CCC4(CN(c5ccnc(OCC(F)(F)F)c5)C4)C3)nc21. The summed E-state index contributed by atoms with van der Waals surface area (Å²) in [5.74, 6) is 0.545. The fourth-order valence-electron chi connectivity index (χ4n) is 4.42. The van der Waals surface area contributed by atoms with E-state index in [-0.39, 0.29) is 11.3 Å². The van der Waals surface area contributed by atoms with Crippen molar-refractivity contribution >= 4 is 22.7 Å². The van der Waals surface area contributed by atoms with Gasteiger partial charge in [0.05, 0.1) is 12.4 Å². The molecular formula is C20H20F5N7O. The Morgan fingerprint density at radius 2 is 1.88 bits per heavy atom. The van der Waals surface area contributed by atoms with Crippen molar-refractivity contribution in [2.75, 3.05) is 42.6 Å². The minimum Gasteiger partial charge on any atom is -0.468 e. The molecule has 2 fully saturated rings. The van der Waals surface area contributed by atoms with Crippen molar-refractivity contribution in [3.05, 3.63) is 30.7 Å². The minimum atomic E-state index is -4.42. The topological polar surface area (TPSA) is 72.2 Å². The van der Waals surface area contributed by atoms with E-state index in [1.807, 2.05) is 0 Å². The Kier molecular flexibility index (Phi) is 5.20. The molecule has 3 aromatic heterocycles. The zero-order valence-electron chi connectivity index (χ0n) is 17.3. The highest BCUT2D eigenvalue weighted by atomic mass is 19.4. The maximum atomic E-state index is 12.8. The first-order valence-corrected chi connectivity index (χ1v) is 10.3. The molecule has 0 atom stereocenters. The zero-order chi connectivity index (χ0) is 23.2. The van der Waals surface area contributed by atoms with Crippen LogP contribution in [0.15, 0.2) is 30.7 Å². The van der Waals surface area contributed by atoms with Crippen LogP contribution >= 0.6 is 0 Å². The molecule has 2 aliphatic heterocycles. The molecule has 13 heteroatoms. The normalized spacial score (nSPS) is 17.9. The summed E-state index contributed by atoms with van der Waals surface area (Å²) >= 11 is 0. The van der Waals surface area contributed by atoms with Crippen LogP contribution in [-0.2, 0) is 6.54 Å². The summed E-state index contributed by atoms with van der Waals surface area (Å²) < 4.78 is 68.6. The summed E-state index contributed by atoms with van der Waals surface area (Å²) in [7, 11) is 0. The Labute approximate surface area is 185 Å². The van der Waals surface area contributed by atoms with Gasteiger partial charge in [-0.25, -0.2) is 28.4 Å². The summed E-state index contributed by atoms with van der Waals surface area (Å²) in [6, 6.07) is 3.25. The smallest absolute Gasteiger partial charge is 0.422 e. The van der Waals surface area contributed by atoms with Crippen LogP contribution in [0.4, 0.5) is 33.5 Å². The van der Waals surface area contributed by atoms with E-state index in [1.54, 1.807) is 12.3 Å². The van der Waals surface area contributed by atoms with Gasteiger partial charge < -0.3 is 14.5 Å². The number of aromatic nitrogens is 5. The number of halogens is 5. The van der Waals surface area contributed by atoms with Gasteiger partial charge in [0.25, 0.3) is 6.43 Å². The molecule has 176 valence electrons. The highest BCUT2D eigenvalue weighted by molar-refractivity contribution is 5.71. The van der Waals surface area contributed by atoms with E-state index in [0.29, 0.717) is 17.0 Å². The largest absolute Gasteiger partial charge is 0.468 e. The van der Waals surface area contributed by atoms with Crippen LogP contribution in [0.2, 0.25) is 0 Å². The summed E-state index contributed by atoms with van der Waals surface area (Å²) in [5.41, 5.74) is 1.55. The zero-order valence-corrected chi connectivity index (χ0v) is 17.3. The predicted molar refractivity (Wildman–Crippen MR) is 109 cm³/mol. The third kappa shape index (κ3) is 4.48. The van der Waals surface area contributed by atoms with Crippen molar-refractivity contribution in [1.82, 2.24) is 24.7 Å². The van der Waals surface area contributed by atoms with Gasteiger partial charge in [-0.3, -0.25) is 0 Å². The first-order valence-electron chi connectivity index (χ1n) is 10.3. The Balaban J connectivity index is 1.24. The van der Waals surface area contributed by atoms with Gasteiger partial charge in [0.15, 0.2) is 12.3 Å². The summed E-state index contributed by atoms with van der Waals surface area (Å²) in [4.78, 5) is 16.8. The number of fused-ring (bicyclic) bond motifs is 1. The molecule has 5 rings (SSSR count). The molecule has 0 aliphatic carbocycles. The lowest BCUT2D eigenvalue weighted by molar-refractivity contribution is -0.154. The number of hydrogen-bond donors (Lipinski definition) is 0. The second-order valence-corrected chi connectivity index (χ2v) is 8.44. The van der Waals surface area contributed by atoms with Crippen LogP contribution in [0.5, 0.6) is 5.88 Å². The molecule has 8 nitrogen and oxygen atoms in total. The maximum Gasteiger partial charge on any atom is 0.422 e. The maximum absolute atomic E-state index is 12.8. The molecule has 33 heavy (non-hydrogen) atoms. The first-order chi connectivity index (χ1) is 15.7. The number of ether oxygens (including phenoxy) is 1. The Morgan fingerprint density at radius 1 is 1.09 bits per heavy atom. The molecule has 0 bridgehead atoms. The van der Waals surface area contributed by atoms with Crippen molar-refractivity contribution in [2.24, 2.45) is 5.41 Å². The first kappa shape index (κ1) is 21.6. The van der Waals surface area contributed by atoms with Crippen molar-refractivity contribution in [2.45, 2.75) is 25.6 Å². The van der Waals surface area contributed by atoms with E-state index >= 15 is 0 Å². The fraction of sp³-hybridized carbons (Fsp3) is 0.500. The molecule has 2 saturated heterocycles. The molecule has 0 N–H and O–H groups in total. The average Bonchev–Trinajstić information content (AvgIpc) is 3.35. The van der Waals surface area contributed by atoms with Gasteiger partial charge in [0.1, 0.15) is 17.9 Å². The van der Waals surface area contributed by atoms with Gasteiger partial charge in [-0.1, -0.05) is 0 Å². The molecular weight excluding hydrogens is 449 g/mol. The molecule has 0 saturated carbocycles. The van der Waals surface area contributed by atoms with Crippen molar-refractivity contribution < 1.29 is 26.7 Å². The van der Waals surface area contributed by atoms with Gasteiger partial charge in [-0.05, 0) is 12.5 Å². The summed E-state index contributed by atoms with van der Waals surface area (Å²) in [6.45, 7) is 0.990. The van der Waals surface area contributed by atoms with Crippen LogP contribution in [0.3, 0.4) is 0 Å². The quantitative estimate of drug-likeness (QED) is 0.514. The lowest BCUT2D eigenvalue weighted by Crippen LogP contribution is -2.57. The molecule has 2 aliphatic rings. The van der Waals surface area contributed by atoms with Crippen LogP contribution < -0.4 is 14.5 Å².